The Morgan fingerprint density at radius 2 is 2.00 bits per heavy atom. The summed E-state index contributed by atoms with van der Waals surface area (Å²) < 4.78 is 21.9. The lowest BCUT2D eigenvalue weighted by Gasteiger charge is -2.37. The number of sulfone groups is 1. The molecule has 15 heavy (non-hydrogen) atoms. The Morgan fingerprint density at radius 1 is 1.33 bits per heavy atom. The Balaban J connectivity index is 2.25. The molecule has 1 aliphatic carbocycles. The van der Waals surface area contributed by atoms with Crippen LogP contribution in [-0.4, -0.2) is 56.2 Å². The molecule has 1 saturated carbocycles. The standard InChI is InChI=1S/C10H21NO3S/c1-15(13,14)9-3-6-11(7-8-12)10-4-2-5-10/h10,12H,2-9H2,1H3. The molecule has 0 heterocycles. The minimum absolute atomic E-state index is 0.162. The first-order valence-corrected chi connectivity index (χ1v) is 7.61. The Labute approximate surface area is 92.2 Å². The van der Waals surface area contributed by atoms with Crippen LogP contribution < -0.4 is 0 Å². The molecule has 1 aliphatic rings. The van der Waals surface area contributed by atoms with E-state index in [9.17, 15) is 8.42 Å². The van der Waals surface area contributed by atoms with Crippen LogP contribution in [0.4, 0.5) is 0 Å². The van der Waals surface area contributed by atoms with Crippen molar-refractivity contribution in [1.29, 1.82) is 0 Å². The molecule has 0 aromatic carbocycles. The van der Waals surface area contributed by atoms with E-state index in [0.717, 1.165) is 6.54 Å². The highest BCUT2D eigenvalue weighted by molar-refractivity contribution is 7.90. The van der Waals surface area contributed by atoms with Crippen LogP contribution in [0, 0.1) is 0 Å². The first kappa shape index (κ1) is 12.9. The fraction of sp³-hybridized carbons (Fsp3) is 1.00. The zero-order valence-electron chi connectivity index (χ0n) is 9.35. The predicted octanol–water partition coefficient (Wildman–Crippen LogP) is 0.268. The highest BCUT2D eigenvalue weighted by Gasteiger charge is 2.24. The fourth-order valence-corrected chi connectivity index (χ4v) is 2.54. The van der Waals surface area contributed by atoms with Crippen molar-refractivity contribution in [2.24, 2.45) is 0 Å². The van der Waals surface area contributed by atoms with Crippen molar-refractivity contribution in [3.63, 3.8) is 0 Å². The van der Waals surface area contributed by atoms with Crippen molar-refractivity contribution in [3.05, 3.63) is 0 Å². The van der Waals surface area contributed by atoms with Gasteiger partial charge in [0.2, 0.25) is 0 Å². The maximum atomic E-state index is 11.0. The van der Waals surface area contributed by atoms with Gasteiger partial charge in [-0.1, -0.05) is 6.42 Å². The van der Waals surface area contributed by atoms with Gasteiger partial charge in [-0.15, -0.1) is 0 Å². The smallest absolute Gasteiger partial charge is 0.147 e. The summed E-state index contributed by atoms with van der Waals surface area (Å²) in [7, 11) is -2.84. The van der Waals surface area contributed by atoms with E-state index in [2.05, 4.69) is 4.90 Å². The molecule has 0 spiro atoms. The molecule has 0 amide bonds. The lowest BCUT2D eigenvalue weighted by Crippen LogP contribution is -2.42. The lowest BCUT2D eigenvalue weighted by atomic mass is 9.91. The van der Waals surface area contributed by atoms with Crippen LogP contribution in [0.3, 0.4) is 0 Å². The van der Waals surface area contributed by atoms with Crippen LogP contribution in [0.2, 0.25) is 0 Å². The first-order chi connectivity index (χ1) is 7.03. The summed E-state index contributed by atoms with van der Waals surface area (Å²) in [4.78, 5) is 2.22. The van der Waals surface area contributed by atoms with E-state index >= 15 is 0 Å². The molecule has 0 bridgehead atoms. The van der Waals surface area contributed by atoms with Crippen molar-refractivity contribution in [2.75, 3.05) is 31.7 Å². The third-order valence-corrected chi connectivity index (χ3v) is 3.97. The topological polar surface area (TPSA) is 57.6 Å². The highest BCUT2D eigenvalue weighted by Crippen LogP contribution is 2.24. The Bertz CT molecular complexity index is 272. The summed E-state index contributed by atoms with van der Waals surface area (Å²) in [5.41, 5.74) is 0. The molecule has 0 aliphatic heterocycles. The first-order valence-electron chi connectivity index (χ1n) is 5.55. The van der Waals surface area contributed by atoms with Crippen LogP contribution in [0.15, 0.2) is 0 Å². The molecule has 0 aromatic heterocycles. The summed E-state index contributed by atoms with van der Waals surface area (Å²) in [6, 6.07) is 0.580. The lowest BCUT2D eigenvalue weighted by molar-refractivity contribution is 0.102. The van der Waals surface area contributed by atoms with E-state index in [-0.39, 0.29) is 12.4 Å². The second kappa shape index (κ2) is 5.82. The normalized spacial score (nSPS) is 18.1. The molecule has 0 atom stereocenters. The second-order valence-electron chi connectivity index (χ2n) is 4.33. The number of aliphatic hydroxyl groups excluding tert-OH is 1. The average Bonchev–Trinajstić information content (AvgIpc) is 1.98. The molecular weight excluding hydrogens is 214 g/mol. The summed E-state index contributed by atoms with van der Waals surface area (Å²) in [5, 5.41) is 8.90. The third kappa shape index (κ3) is 4.95. The molecule has 1 N–H and O–H groups in total. The van der Waals surface area contributed by atoms with E-state index < -0.39 is 9.84 Å². The van der Waals surface area contributed by atoms with Gasteiger partial charge >= 0.3 is 0 Å². The second-order valence-corrected chi connectivity index (χ2v) is 6.59. The highest BCUT2D eigenvalue weighted by atomic mass is 32.2. The van der Waals surface area contributed by atoms with Gasteiger partial charge in [0.1, 0.15) is 9.84 Å². The van der Waals surface area contributed by atoms with E-state index in [4.69, 9.17) is 5.11 Å². The van der Waals surface area contributed by atoms with Gasteiger partial charge in [-0.3, -0.25) is 4.90 Å². The van der Waals surface area contributed by atoms with Gasteiger partial charge in [-0.05, 0) is 25.8 Å². The van der Waals surface area contributed by atoms with Crippen molar-refractivity contribution < 1.29 is 13.5 Å². The van der Waals surface area contributed by atoms with Crippen LogP contribution in [0.5, 0.6) is 0 Å². The SMILES string of the molecule is CS(=O)(=O)CCCN(CCO)C1CCC1. The third-order valence-electron chi connectivity index (χ3n) is 2.94. The van der Waals surface area contributed by atoms with Gasteiger partial charge < -0.3 is 5.11 Å². The van der Waals surface area contributed by atoms with Gasteiger partial charge in [-0.25, -0.2) is 8.42 Å². The van der Waals surface area contributed by atoms with E-state index in [1.807, 2.05) is 0 Å². The Hall–Kier alpha value is -0.130. The maximum Gasteiger partial charge on any atom is 0.147 e. The van der Waals surface area contributed by atoms with E-state index in [0.29, 0.717) is 19.0 Å². The molecule has 0 saturated heterocycles. The number of hydrogen-bond acceptors (Lipinski definition) is 4. The number of aliphatic hydroxyl groups is 1. The van der Waals surface area contributed by atoms with Gasteiger partial charge in [0.15, 0.2) is 0 Å². The molecule has 1 rings (SSSR count). The monoisotopic (exact) mass is 235 g/mol. The van der Waals surface area contributed by atoms with Crippen LogP contribution in [-0.2, 0) is 9.84 Å². The summed E-state index contributed by atoms with van der Waals surface area (Å²) in [6.07, 6.45) is 5.60. The van der Waals surface area contributed by atoms with E-state index in [1.54, 1.807) is 0 Å². The van der Waals surface area contributed by atoms with Crippen LogP contribution in [0.25, 0.3) is 0 Å². The molecule has 0 radical (unpaired) electrons. The average molecular weight is 235 g/mol. The number of rotatable bonds is 7. The Kier molecular flexibility index (Phi) is 5.02. The molecule has 0 aromatic rings. The van der Waals surface area contributed by atoms with Gasteiger partial charge in [-0.2, -0.15) is 0 Å². The quantitative estimate of drug-likeness (QED) is 0.688. The summed E-state index contributed by atoms with van der Waals surface area (Å²) in [5.74, 6) is 0.252. The van der Waals surface area contributed by atoms with Crippen LogP contribution in [0.1, 0.15) is 25.7 Å². The van der Waals surface area contributed by atoms with Gasteiger partial charge in [0.05, 0.1) is 12.4 Å². The summed E-state index contributed by atoms with van der Waals surface area (Å²) >= 11 is 0. The molecule has 5 heteroatoms. The largest absolute Gasteiger partial charge is 0.395 e. The molecule has 1 fully saturated rings. The number of nitrogens with zero attached hydrogens (tertiary/aromatic N) is 1. The van der Waals surface area contributed by atoms with Crippen molar-refractivity contribution in [1.82, 2.24) is 4.90 Å². The van der Waals surface area contributed by atoms with E-state index in [1.165, 1.54) is 25.5 Å². The minimum Gasteiger partial charge on any atom is -0.395 e. The van der Waals surface area contributed by atoms with Crippen molar-refractivity contribution >= 4 is 9.84 Å². The fourth-order valence-electron chi connectivity index (χ4n) is 1.89. The Morgan fingerprint density at radius 3 is 2.40 bits per heavy atom. The number of hydrogen-bond donors (Lipinski definition) is 1. The molecule has 0 unspecified atom stereocenters. The van der Waals surface area contributed by atoms with Crippen molar-refractivity contribution in [3.8, 4) is 0 Å². The maximum absolute atomic E-state index is 11.0. The summed E-state index contributed by atoms with van der Waals surface area (Å²) in [6.45, 7) is 1.63. The zero-order valence-corrected chi connectivity index (χ0v) is 10.2. The minimum atomic E-state index is -2.84. The molecular formula is C10H21NO3S. The van der Waals surface area contributed by atoms with Gasteiger partial charge in [0.25, 0.3) is 0 Å². The predicted molar refractivity (Wildman–Crippen MR) is 60.6 cm³/mol. The zero-order chi connectivity index (χ0) is 11.3. The van der Waals surface area contributed by atoms with Crippen LogP contribution >= 0.6 is 0 Å². The molecule has 90 valence electrons. The van der Waals surface area contributed by atoms with Gasteiger partial charge in [0, 0.05) is 18.8 Å². The van der Waals surface area contributed by atoms with Crippen molar-refractivity contribution in [2.45, 2.75) is 31.7 Å². The molecule has 4 nitrogen and oxygen atoms in total.